The summed E-state index contributed by atoms with van der Waals surface area (Å²) in [5.74, 6) is -0.390. The van der Waals surface area contributed by atoms with Crippen LogP contribution >= 0.6 is 0 Å². The van der Waals surface area contributed by atoms with E-state index in [-0.39, 0.29) is 18.0 Å². The van der Waals surface area contributed by atoms with Crippen molar-refractivity contribution in [3.05, 3.63) is 22.5 Å². The highest BCUT2D eigenvalue weighted by Gasteiger charge is 2.29. The molecule has 2 rings (SSSR count). The molecular weight excluding hydrogens is 284 g/mol. The Kier molecular flexibility index (Phi) is 5.03. The molecule has 2 atom stereocenters. The van der Waals surface area contributed by atoms with Crippen LogP contribution in [-0.4, -0.2) is 55.7 Å². The number of aromatic nitrogens is 1. The van der Waals surface area contributed by atoms with Crippen LogP contribution in [0.4, 0.5) is 0 Å². The summed E-state index contributed by atoms with van der Waals surface area (Å²) in [4.78, 5) is 28.6. The van der Waals surface area contributed by atoms with Crippen molar-refractivity contribution in [3.8, 4) is 0 Å². The van der Waals surface area contributed by atoms with Gasteiger partial charge >= 0.3 is 5.97 Å². The fourth-order valence-electron chi connectivity index (χ4n) is 3.29. The van der Waals surface area contributed by atoms with Crippen molar-refractivity contribution in [1.82, 2.24) is 4.98 Å². The van der Waals surface area contributed by atoms with E-state index in [1.165, 1.54) is 12.0 Å². The van der Waals surface area contributed by atoms with Crippen molar-refractivity contribution >= 4 is 11.8 Å². The molecule has 1 aromatic heterocycles. The molecule has 0 spiro atoms. The van der Waals surface area contributed by atoms with Gasteiger partial charge < -0.3 is 19.4 Å². The van der Waals surface area contributed by atoms with Crippen molar-refractivity contribution in [2.24, 2.45) is 0 Å². The lowest BCUT2D eigenvalue weighted by molar-refractivity contribution is -0.906. The van der Waals surface area contributed by atoms with E-state index in [2.05, 4.69) is 4.98 Å². The minimum atomic E-state index is -0.411. The number of ether oxygens (including phenoxy) is 2. The predicted octanol–water partition coefficient (Wildman–Crippen LogP) is 0.293. The lowest BCUT2D eigenvalue weighted by Gasteiger charge is -2.31. The molecule has 1 aliphatic rings. The molecule has 22 heavy (non-hydrogen) atoms. The SMILES string of the molecule is COC(=O)c1c(C)[nH]c(C(=O)C[NH+]2C[C@@H](C)O[C@H](C)C2)c1C. The summed E-state index contributed by atoms with van der Waals surface area (Å²) in [7, 11) is 1.34. The number of nitrogens with one attached hydrogen (secondary N) is 2. The zero-order valence-corrected chi connectivity index (χ0v) is 13.9. The molecular formula is C16H25N2O4+. The predicted molar refractivity (Wildman–Crippen MR) is 81.5 cm³/mol. The summed E-state index contributed by atoms with van der Waals surface area (Å²) >= 11 is 0. The van der Waals surface area contributed by atoms with Crippen LogP contribution in [-0.2, 0) is 9.47 Å². The van der Waals surface area contributed by atoms with Crippen LogP contribution in [0.1, 0.15) is 46.0 Å². The molecule has 1 saturated heterocycles. The summed E-state index contributed by atoms with van der Waals surface area (Å²) in [6, 6.07) is 0. The van der Waals surface area contributed by atoms with Gasteiger partial charge in [0, 0.05) is 5.69 Å². The smallest absolute Gasteiger partial charge is 0.339 e. The van der Waals surface area contributed by atoms with Gasteiger partial charge in [-0.1, -0.05) is 0 Å². The highest BCUT2D eigenvalue weighted by atomic mass is 16.5. The van der Waals surface area contributed by atoms with Crippen molar-refractivity contribution in [2.75, 3.05) is 26.7 Å². The minimum absolute atomic E-state index is 0.0204. The number of rotatable bonds is 4. The monoisotopic (exact) mass is 309 g/mol. The first kappa shape index (κ1) is 16.7. The average Bonchev–Trinajstić information content (AvgIpc) is 2.72. The molecule has 1 fully saturated rings. The van der Waals surface area contributed by atoms with Gasteiger partial charge in [0.1, 0.15) is 31.8 Å². The lowest BCUT2D eigenvalue weighted by Crippen LogP contribution is -3.16. The third-order valence-corrected chi connectivity index (χ3v) is 4.13. The molecule has 2 heterocycles. The zero-order valence-electron chi connectivity index (χ0n) is 13.9. The number of Topliss-reactive ketones (excluding diaryl/α,β-unsaturated/α-hetero) is 1. The number of aryl methyl sites for hydroxylation is 1. The molecule has 1 aliphatic heterocycles. The lowest BCUT2D eigenvalue weighted by atomic mass is 10.1. The van der Waals surface area contributed by atoms with Crippen LogP contribution in [0.3, 0.4) is 0 Å². The topological polar surface area (TPSA) is 72.8 Å². The number of hydrogen-bond acceptors (Lipinski definition) is 4. The van der Waals surface area contributed by atoms with Gasteiger partial charge in [-0.2, -0.15) is 0 Å². The van der Waals surface area contributed by atoms with Crippen LogP contribution in [0.15, 0.2) is 0 Å². The number of carbonyl (C=O) groups is 2. The molecule has 6 heteroatoms. The molecule has 6 nitrogen and oxygen atoms in total. The van der Waals surface area contributed by atoms with Crippen LogP contribution < -0.4 is 4.90 Å². The maximum atomic E-state index is 12.6. The quantitative estimate of drug-likeness (QED) is 0.619. The van der Waals surface area contributed by atoms with Crippen molar-refractivity contribution < 1.29 is 24.0 Å². The summed E-state index contributed by atoms with van der Waals surface area (Å²) in [6.07, 6.45) is 0.312. The molecule has 122 valence electrons. The summed E-state index contributed by atoms with van der Waals surface area (Å²) < 4.78 is 10.5. The van der Waals surface area contributed by atoms with Gasteiger partial charge in [-0.3, -0.25) is 4.79 Å². The fraction of sp³-hybridized carbons (Fsp3) is 0.625. The number of hydrogen-bond donors (Lipinski definition) is 2. The Bertz CT molecular complexity index is 569. The Labute approximate surface area is 130 Å². The highest BCUT2D eigenvalue weighted by molar-refractivity contribution is 6.01. The van der Waals surface area contributed by atoms with Gasteiger partial charge in [-0.25, -0.2) is 4.79 Å². The first-order valence-corrected chi connectivity index (χ1v) is 7.63. The Morgan fingerprint density at radius 1 is 1.27 bits per heavy atom. The number of methoxy groups -OCH3 is 1. The van der Waals surface area contributed by atoms with Crippen molar-refractivity contribution in [2.45, 2.75) is 39.9 Å². The van der Waals surface area contributed by atoms with Crippen molar-refractivity contribution in [1.29, 1.82) is 0 Å². The number of H-pyrrole nitrogens is 1. The molecule has 0 amide bonds. The standard InChI is InChI=1S/C16H24N2O4/c1-9-6-18(7-10(2)22-9)8-13(19)15-11(3)14(12(4)17-15)16(20)21-5/h9-10,17H,6-8H2,1-5H3/p+1/t9-,10-/m1/s1. The maximum absolute atomic E-state index is 12.6. The van der Waals surface area contributed by atoms with Gasteiger partial charge in [-0.05, 0) is 33.3 Å². The zero-order chi connectivity index (χ0) is 16.4. The Morgan fingerprint density at radius 3 is 2.41 bits per heavy atom. The number of ketones is 1. The van der Waals surface area contributed by atoms with Crippen LogP contribution in [0.25, 0.3) is 0 Å². The van der Waals surface area contributed by atoms with Crippen LogP contribution in [0, 0.1) is 13.8 Å². The van der Waals surface area contributed by atoms with Gasteiger partial charge in [0.05, 0.1) is 18.4 Å². The van der Waals surface area contributed by atoms with E-state index in [1.54, 1.807) is 13.8 Å². The number of aromatic amines is 1. The third-order valence-electron chi connectivity index (χ3n) is 4.13. The molecule has 0 radical (unpaired) electrons. The number of esters is 1. The Balaban J connectivity index is 2.15. The van der Waals surface area contributed by atoms with Gasteiger partial charge in [0.2, 0.25) is 5.78 Å². The largest absolute Gasteiger partial charge is 0.465 e. The molecule has 0 aromatic carbocycles. The number of morpholine rings is 1. The van der Waals surface area contributed by atoms with E-state index in [4.69, 9.17) is 9.47 Å². The van der Waals surface area contributed by atoms with E-state index in [0.29, 0.717) is 29.1 Å². The summed E-state index contributed by atoms with van der Waals surface area (Å²) in [6.45, 7) is 9.65. The second-order valence-corrected chi connectivity index (χ2v) is 6.13. The van der Waals surface area contributed by atoms with Crippen molar-refractivity contribution in [3.63, 3.8) is 0 Å². The molecule has 2 N–H and O–H groups in total. The third kappa shape index (κ3) is 3.39. The molecule has 0 bridgehead atoms. The summed E-state index contributed by atoms with van der Waals surface area (Å²) in [5.41, 5.74) is 2.32. The normalized spacial score (nSPS) is 25.0. The average molecular weight is 309 g/mol. The van der Waals surface area contributed by atoms with Crippen LogP contribution in [0.2, 0.25) is 0 Å². The van der Waals surface area contributed by atoms with E-state index in [9.17, 15) is 9.59 Å². The molecule has 1 aromatic rings. The van der Waals surface area contributed by atoms with E-state index in [0.717, 1.165) is 13.1 Å². The van der Waals surface area contributed by atoms with Gasteiger partial charge in [0.15, 0.2) is 0 Å². The van der Waals surface area contributed by atoms with E-state index in [1.807, 2.05) is 13.8 Å². The molecule has 0 aliphatic carbocycles. The molecule has 0 unspecified atom stereocenters. The maximum Gasteiger partial charge on any atom is 0.339 e. The first-order valence-electron chi connectivity index (χ1n) is 7.63. The minimum Gasteiger partial charge on any atom is -0.465 e. The Morgan fingerprint density at radius 2 is 1.86 bits per heavy atom. The summed E-state index contributed by atoms with van der Waals surface area (Å²) in [5, 5.41) is 0. The van der Waals surface area contributed by atoms with E-state index >= 15 is 0 Å². The second-order valence-electron chi connectivity index (χ2n) is 6.13. The molecule has 0 saturated carbocycles. The Hall–Kier alpha value is -1.66. The highest BCUT2D eigenvalue weighted by Crippen LogP contribution is 2.19. The number of carbonyl (C=O) groups excluding carboxylic acids is 2. The first-order chi connectivity index (χ1) is 10.3. The second kappa shape index (κ2) is 6.62. The van der Waals surface area contributed by atoms with Crippen LogP contribution in [0.5, 0.6) is 0 Å². The fourth-order valence-corrected chi connectivity index (χ4v) is 3.29. The van der Waals surface area contributed by atoms with E-state index < -0.39 is 5.97 Å². The van der Waals surface area contributed by atoms with Gasteiger partial charge in [-0.15, -0.1) is 0 Å². The van der Waals surface area contributed by atoms with Gasteiger partial charge in [0.25, 0.3) is 0 Å². The number of quaternary nitrogens is 1.